The van der Waals surface area contributed by atoms with Gasteiger partial charge in [-0.3, -0.25) is 10.1 Å². The first-order valence-corrected chi connectivity index (χ1v) is 6.75. The van der Waals surface area contributed by atoms with Crippen molar-refractivity contribution in [1.29, 1.82) is 0 Å². The van der Waals surface area contributed by atoms with Crippen LogP contribution in [-0.4, -0.2) is 24.0 Å². The van der Waals surface area contributed by atoms with Crippen molar-refractivity contribution in [2.24, 2.45) is 5.92 Å². The van der Waals surface area contributed by atoms with Gasteiger partial charge in [0.2, 0.25) is 5.75 Å². The van der Waals surface area contributed by atoms with Gasteiger partial charge in [0, 0.05) is 23.4 Å². The molecule has 0 fully saturated rings. The topological polar surface area (TPSA) is 61.6 Å². The molecule has 1 aromatic carbocycles. The summed E-state index contributed by atoms with van der Waals surface area (Å²) in [7, 11) is 1.51. The van der Waals surface area contributed by atoms with E-state index in [4.69, 9.17) is 9.47 Å². The fourth-order valence-electron chi connectivity index (χ4n) is 1.37. The average molecular weight is 318 g/mol. The molecule has 1 aromatic rings. The summed E-state index contributed by atoms with van der Waals surface area (Å²) in [6, 6.07) is 4.48. The van der Waals surface area contributed by atoms with Gasteiger partial charge in [0.15, 0.2) is 0 Å². The zero-order valence-corrected chi connectivity index (χ0v) is 12.0. The largest absolute Gasteiger partial charge is 0.497 e. The lowest BCUT2D eigenvalue weighted by Gasteiger charge is -2.13. The Labute approximate surface area is 114 Å². The smallest absolute Gasteiger partial charge is 0.311 e. The fraction of sp³-hybridized carbons (Fsp3) is 0.500. The molecule has 1 atom stereocenters. The first-order valence-electron chi connectivity index (χ1n) is 5.63. The Morgan fingerprint density at radius 3 is 2.72 bits per heavy atom. The van der Waals surface area contributed by atoms with Crippen molar-refractivity contribution in [2.75, 3.05) is 19.0 Å². The third-order valence-electron chi connectivity index (χ3n) is 2.63. The highest BCUT2D eigenvalue weighted by atomic mass is 79.9. The van der Waals surface area contributed by atoms with Crippen LogP contribution in [0.4, 0.5) is 5.69 Å². The van der Waals surface area contributed by atoms with Crippen molar-refractivity contribution in [3.63, 3.8) is 0 Å². The van der Waals surface area contributed by atoms with Gasteiger partial charge in [-0.05, 0) is 12.5 Å². The number of hydrogen-bond donors (Lipinski definition) is 0. The molecule has 0 aromatic heterocycles. The Hall–Kier alpha value is -1.30. The molecule has 0 N–H and O–H groups in total. The van der Waals surface area contributed by atoms with Crippen molar-refractivity contribution in [3.05, 3.63) is 28.3 Å². The van der Waals surface area contributed by atoms with Gasteiger partial charge in [-0.15, -0.1) is 0 Å². The summed E-state index contributed by atoms with van der Waals surface area (Å²) in [5.74, 6) is 1.12. The molecule has 0 bridgehead atoms. The molecular formula is C12H16BrNO4. The molecule has 0 aliphatic rings. The molecule has 100 valence electrons. The maximum absolute atomic E-state index is 10.9. The molecule has 18 heavy (non-hydrogen) atoms. The van der Waals surface area contributed by atoms with Crippen LogP contribution in [0.1, 0.15) is 13.3 Å². The lowest BCUT2D eigenvalue weighted by Crippen LogP contribution is -2.13. The van der Waals surface area contributed by atoms with Gasteiger partial charge in [-0.2, -0.15) is 0 Å². The van der Waals surface area contributed by atoms with Gasteiger partial charge in [0.1, 0.15) is 5.75 Å². The molecule has 0 heterocycles. The van der Waals surface area contributed by atoms with Crippen molar-refractivity contribution in [1.82, 2.24) is 0 Å². The van der Waals surface area contributed by atoms with E-state index in [9.17, 15) is 10.1 Å². The Morgan fingerprint density at radius 2 is 2.22 bits per heavy atom. The summed E-state index contributed by atoms with van der Waals surface area (Å²) in [5, 5.41) is 11.7. The predicted molar refractivity (Wildman–Crippen MR) is 72.7 cm³/mol. The van der Waals surface area contributed by atoms with Gasteiger partial charge in [-0.1, -0.05) is 22.9 Å². The zero-order valence-electron chi connectivity index (χ0n) is 10.4. The number of benzene rings is 1. The third kappa shape index (κ3) is 3.87. The number of methoxy groups -OCH3 is 1. The summed E-state index contributed by atoms with van der Waals surface area (Å²) in [6.07, 6.45) is 0.947. The van der Waals surface area contributed by atoms with Crippen LogP contribution in [-0.2, 0) is 0 Å². The fourth-order valence-corrected chi connectivity index (χ4v) is 2.01. The lowest BCUT2D eigenvalue weighted by atomic mass is 10.1. The number of hydrogen-bond acceptors (Lipinski definition) is 4. The van der Waals surface area contributed by atoms with Crippen LogP contribution in [0, 0.1) is 16.0 Å². The lowest BCUT2D eigenvalue weighted by molar-refractivity contribution is -0.385. The van der Waals surface area contributed by atoms with Gasteiger partial charge in [0.05, 0.1) is 18.6 Å². The molecular weight excluding hydrogens is 302 g/mol. The molecule has 0 radical (unpaired) electrons. The van der Waals surface area contributed by atoms with E-state index >= 15 is 0 Å². The van der Waals surface area contributed by atoms with E-state index in [1.54, 1.807) is 12.1 Å². The maximum atomic E-state index is 10.9. The summed E-state index contributed by atoms with van der Waals surface area (Å²) in [4.78, 5) is 10.4. The van der Waals surface area contributed by atoms with E-state index < -0.39 is 4.92 Å². The normalized spacial score (nSPS) is 11.9. The van der Waals surface area contributed by atoms with Gasteiger partial charge < -0.3 is 9.47 Å². The number of rotatable bonds is 7. The molecule has 0 saturated heterocycles. The minimum atomic E-state index is -0.455. The number of alkyl halides is 1. The van der Waals surface area contributed by atoms with Crippen LogP contribution in [0.25, 0.3) is 0 Å². The van der Waals surface area contributed by atoms with Crippen LogP contribution >= 0.6 is 15.9 Å². The second-order valence-electron chi connectivity index (χ2n) is 3.83. The van der Waals surface area contributed by atoms with E-state index in [-0.39, 0.29) is 11.4 Å². The second-order valence-corrected chi connectivity index (χ2v) is 4.48. The highest BCUT2D eigenvalue weighted by Gasteiger charge is 2.17. The van der Waals surface area contributed by atoms with Crippen molar-refractivity contribution < 1.29 is 14.4 Å². The Kier molecular flexibility index (Phi) is 5.91. The first-order chi connectivity index (χ1) is 8.62. The van der Waals surface area contributed by atoms with E-state index in [1.165, 1.54) is 13.2 Å². The standard InChI is InChI=1S/C12H16BrNO4/c1-3-9(7-13)8-18-12-6-10(17-2)4-5-11(12)14(15)16/h4-6,9H,3,7-8H2,1-2H3. The molecule has 6 heteroatoms. The van der Waals surface area contributed by atoms with Crippen LogP contribution in [0.3, 0.4) is 0 Å². The SMILES string of the molecule is CCC(CBr)COc1cc(OC)ccc1[N+](=O)[O-]. The van der Waals surface area contributed by atoms with E-state index in [0.717, 1.165) is 11.8 Å². The molecule has 1 unspecified atom stereocenters. The van der Waals surface area contributed by atoms with Crippen LogP contribution < -0.4 is 9.47 Å². The average Bonchev–Trinajstić information content (AvgIpc) is 2.39. The van der Waals surface area contributed by atoms with Crippen molar-refractivity contribution >= 4 is 21.6 Å². The zero-order chi connectivity index (χ0) is 13.5. The minimum absolute atomic E-state index is 0.0415. The van der Waals surface area contributed by atoms with Crippen LogP contribution in [0.15, 0.2) is 18.2 Å². The maximum Gasteiger partial charge on any atom is 0.311 e. The van der Waals surface area contributed by atoms with E-state index in [1.807, 2.05) is 0 Å². The second kappa shape index (κ2) is 7.20. The third-order valence-corrected chi connectivity index (χ3v) is 3.55. The number of ether oxygens (including phenoxy) is 2. The number of nitro benzene ring substituents is 1. The monoisotopic (exact) mass is 317 g/mol. The van der Waals surface area contributed by atoms with E-state index in [2.05, 4.69) is 22.9 Å². The van der Waals surface area contributed by atoms with Crippen molar-refractivity contribution in [2.45, 2.75) is 13.3 Å². The van der Waals surface area contributed by atoms with Crippen LogP contribution in [0.5, 0.6) is 11.5 Å². The van der Waals surface area contributed by atoms with E-state index in [0.29, 0.717) is 18.3 Å². The van der Waals surface area contributed by atoms with Gasteiger partial charge in [0.25, 0.3) is 0 Å². The minimum Gasteiger partial charge on any atom is -0.497 e. The highest BCUT2D eigenvalue weighted by molar-refractivity contribution is 9.09. The number of nitro groups is 1. The molecule has 0 spiro atoms. The summed E-state index contributed by atoms with van der Waals surface area (Å²) < 4.78 is 10.6. The molecule has 1 rings (SSSR count). The van der Waals surface area contributed by atoms with Gasteiger partial charge >= 0.3 is 5.69 Å². The number of nitrogens with zero attached hydrogens (tertiary/aromatic N) is 1. The Balaban J connectivity index is 2.87. The molecule has 0 aliphatic heterocycles. The molecule has 0 saturated carbocycles. The Morgan fingerprint density at radius 1 is 1.50 bits per heavy atom. The van der Waals surface area contributed by atoms with Gasteiger partial charge in [-0.25, -0.2) is 0 Å². The Bertz CT molecular complexity index is 407. The summed E-state index contributed by atoms with van der Waals surface area (Å²) in [6.45, 7) is 2.49. The number of halogens is 1. The predicted octanol–water partition coefficient (Wildman–Crippen LogP) is 3.40. The summed E-state index contributed by atoms with van der Waals surface area (Å²) >= 11 is 3.39. The van der Waals surface area contributed by atoms with Crippen LogP contribution in [0.2, 0.25) is 0 Å². The van der Waals surface area contributed by atoms with Crippen molar-refractivity contribution in [3.8, 4) is 11.5 Å². The summed E-state index contributed by atoms with van der Waals surface area (Å²) in [5.41, 5.74) is -0.0415. The quantitative estimate of drug-likeness (QED) is 0.439. The first kappa shape index (κ1) is 14.8. The molecule has 0 amide bonds. The molecule has 5 nitrogen and oxygen atoms in total. The molecule has 0 aliphatic carbocycles. The highest BCUT2D eigenvalue weighted by Crippen LogP contribution is 2.31.